The molecule has 1 aromatic carbocycles. The normalized spacial score (nSPS) is 19.4. The van der Waals surface area contributed by atoms with Crippen LogP contribution in [0.1, 0.15) is 18.4 Å². The van der Waals surface area contributed by atoms with E-state index < -0.39 is 5.60 Å². The van der Waals surface area contributed by atoms with Gasteiger partial charge < -0.3 is 10.4 Å². The number of piperidine rings is 1. The third-order valence-corrected chi connectivity index (χ3v) is 3.58. The molecule has 2 heterocycles. The van der Waals surface area contributed by atoms with Crippen LogP contribution in [0.3, 0.4) is 0 Å². The van der Waals surface area contributed by atoms with Crippen molar-refractivity contribution in [1.29, 1.82) is 0 Å². The van der Waals surface area contributed by atoms with Crippen molar-refractivity contribution in [3.8, 4) is 0 Å². The lowest BCUT2D eigenvalue weighted by atomic mass is 9.83. The zero-order chi connectivity index (χ0) is 11.7. The predicted octanol–water partition coefficient (Wildman–Crippen LogP) is 1.81. The van der Waals surface area contributed by atoms with Crippen molar-refractivity contribution in [3.63, 3.8) is 0 Å². The summed E-state index contributed by atoms with van der Waals surface area (Å²) in [5, 5.41) is 15.1. The number of nitrogens with zero attached hydrogens (tertiary/aromatic N) is 1. The molecule has 0 radical (unpaired) electrons. The molecule has 0 saturated carbocycles. The maximum atomic E-state index is 10.8. The molecule has 88 valence electrons. The van der Waals surface area contributed by atoms with Gasteiger partial charge in [-0.3, -0.25) is 4.98 Å². The fraction of sp³-hybridized carbons (Fsp3) is 0.357. The first-order valence-electron chi connectivity index (χ1n) is 6.07. The van der Waals surface area contributed by atoms with Crippen molar-refractivity contribution in [1.82, 2.24) is 10.3 Å². The topological polar surface area (TPSA) is 45.2 Å². The monoisotopic (exact) mass is 228 g/mol. The number of aliphatic hydroxyl groups is 1. The summed E-state index contributed by atoms with van der Waals surface area (Å²) >= 11 is 0. The number of fused-ring (bicyclic) bond motifs is 1. The molecule has 2 N–H and O–H groups in total. The van der Waals surface area contributed by atoms with Crippen molar-refractivity contribution in [3.05, 3.63) is 42.1 Å². The molecule has 0 unspecified atom stereocenters. The van der Waals surface area contributed by atoms with E-state index in [0.29, 0.717) is 0 Å². The van der Waals surface area contributed by atoms with Crippen LogP contribution in [-0.2, 0) is 5.60 Å². The Balaban J connectivity index is 2.16. The minimum atomic E-state index is -0.701. The number of nitrogens with one attached hydrogen (secondary N) is 1. The van der Waals surface area contributed by atoms with Crippen LogP contribution in [0, 0.1) is 0 Å². The molecule has 1 aromatic heterocycles. The average molecular weight is 228 g/mol. The van der Waals surface area contributed by atoms with Gasteiger partial charge in [-0.05, 0) is 43.6 Å². The van der Waals surface area contributed by atoms with Gasteiger partial charge >= 0.3 is 0 Å². The van der Waals surface area contributed by atoms with Crippen molar-refractivity contribution < 1.29 is 5.11 Å². The van der Waals surface area contributed by atoms with Crippen LogP contribution < -0.4 is 5.32 Å². The van der Waals surface area contributed by atoms with Crippen molar-refractivity contribution in [2.24, 2.45) is 0 Å². The van der Waals surface area contributed by atoms with Gasteiger partial charge in [-0.2, -0.15) is 0 Å². The molecule has 0 aliphatic carbocycles. The second-order valence-corrected chi connectivity index (χ2v) is 4.66. The fourth-order valence-corrected chi connectivity index (χ4v) is 2.62. The van der Waals surface area contributed by atoms with Crippen LogP contribution in [0.15, 0.2) is 36.5 Å². The molecule has 0 bridgehead atoms. The van der Waals surface area contributed by atoms with Crippen molar-refractivity contribution >= 4 is 10.9 Å². The third-order valence-electron chi connectivity index (χ3n) is 3.58. The highest BCUT2D eigenvalue weighted by molar-refractivity contribution is 5.82. The SMILES string of the molecule is OC1(c2cccc3ncccc23)CCNCC1. The summed E-state index contributed by atoms with van der Waals surface area (Å²) in [6.07, 6.45) is 3.32. The van der Waals surface area contributed by atoms with Crippen molar-refractivity contribution in [2.45, 2.75) is 18.4 Å². The molecule has 0 atom stereocenters. The first-order chi connectivity index (χ1) is 8.30. The van der Waals surface area contributed by atoms with Crippen LogP contribution in [0.25, 0.3) is 10.9 Å². The molecule has 1 aliphatic heterocycles. The van der Waals surface area contributed by atoms with Gasteiger partial charge in [0.25, 0.3) is 0 Å². The van der Waals surface area contributed by atoms with E-state index in [9.17, 15) is 5.11 Å². The Morgan fingerprint density at radius 3 is 2.76 bits per heavy atom. The van der Waals surface area contributed by atoms with Crippen LogP contribution in [-0.4, -0.2) is 23.2 Å². The smallest absolute Gasteiger partial charge is 0.0927 e. The van der Waals surface area contributed by atoms with E-state index in [1.54, 1.807) is 6.20 Å². The fourth-order valence-electron chi connectivity index (χ4n) is 2.62. The lowest BCUT2D eigenvalue weighted by Crippen LogP contribution is -2.39. The molecule has 3 nitrogen and oxygen atoms in total. The molecule has 1 saturated heterocycles. The lowest BCUT2D eigenvalue weighted by molar-refractivity contribution is 0.00734. The molecule has 0 amide bonds. The lowest BCUT2D eigenvalue weighted by Gasteiger charge is -2.33. The van der Waals surface area contributed by atoms with Crippen molar-refractivity contribution in [2.75, 3.05) is 13.1 Å². The maximum Gasteiger partial charge on any atom is 0.0927 e. The Bertz CT molecular complexity index is 527. The van der Waals surface area contributed by atoms with Crippen LogP contribution >= 0.6 is 0 Å². The summed E-state index contributed by atoms with van der Waals surface area (Å²) in [6.45, 7) is 1.74. The molecule has 0 spiro atoms. The number of aromatic nitrogens is 1. The van der Waals surface area contributed by atoms with Gasteiger partial charge in [-0.25, -0.2) is 0 Å². The van der Waals surface area contributed by atoms with E-state index in [2.05, 4.69) is 10.3 Å². The zero-order valence-corrected chi connectivity index (χ0v) is 9.69. The minimum Gasteiger partial charge on any atom is -0.385 e. The Kier molecular flexibility index (Phi) is 2.57. The van der Waals surface area contributed by atoms with E-state index in [-0.39, 0.29) is 0 Å². The second-order valence-electron chi connectivity index (χ2n) is 4.66. The summed E-state index contributed by atoms with van der Waals surface area (Å²) in [6, 6.07) is 9.96. The predicted molar refractivity (Wildman–Crippen MR) is 67.7 cm³/mol. The Labute approximate surface area is 100 Å². The van der Waals surface area contributed by atoms with E-state index >= 15 is 0 Å². The Morgan fingerprint density at radius 2 is 1.94 bits per heavy atom. The van der Waals surface area contributed by atoms with E-state index in [0.717, 1.165) is 42.4 Å². The summed E-state index contributed by atoms with van der Waals surface area (Å²) in [5.74, 6) is 0. The molecular formula is C14H16N2O. The Morgan fingerprint density at radius 1 is 1.12 bits per heavy atom. The third kappa shape index (κ3) is 1.81. The highest BCUT2D eigenvalue weighted by Gasteiger charge is 2.32. The molecule has 2 aromatic rings. The zero-order valence-electron chi connectivity index (χ0n) is 9.69. The summed E-state index contributed by atoms with van der Waals surface area (Å²) in [4.78, 5) is 4.34. The first-order valence-corrected chi connectivity index (χ1v) is 6.07. The molecule has 3 rings (SSSR count). The molecular weight excluding hydrogens is 212 g/mol. The van der Waals surface area contributed by atoms with Gasteiger partial charge in [-0.1, -0.05) is 18.2 Å². The van der Waals surface area contributed by atoms with Gasteiger partial charge in [0.2, 0.25) is 0 Å². The average Bonchev–Trinajstić information content (AvgIpc) is 2.39. The Hall–Kier alpha value is -1.45. The highest BCUT2D eigenvalue weighted by Crippen LogP contribution is 2.34. The standard InChI is InChI=1S/C14H16N2O/c17-14(6-9-15-10-7-14)12-4-1-5-13-11(12)3-2-8-16-13/h1-5,8,15,17H,6-7,9-10H2. The summed E-state index contributed by atoms with van der Waals surface area (Å²) < 4.78 is 0. The van der Waals surface area contributed by atoms with Gasteiger partial charge in [-0.15, -0.1) is 0 Å². The maximum absolute atomic E-state index is 10.8. The van der Waals surface area contributed by atoms with E-state index in [4.69, 9.17) is 0 Å². The summed E-state index contributed by atoms with van der Waals surface area (Å²) in [5.41, 5.74) is 1.27. The molecule has 17 heavy (non-hydrogen) atoms. The van der Waals surface area contributed by atoms with Gasteiger partial charge in [0.1, 0.15) is 0 Å². The quantitative estimate of drug-likeness (QED) is 0.782. The molecule has 1 aliphatic rings. The number of hydrogen-bond acceptors (Lipinski definition) is 3. The summed E-state index contributed by atoms with van der Waals surface area (Å²) in [7, 11) is 0. The minimum absolute atomic E-state index is 0.701. The van der Waals surface area contributed by atoms with Crippen LogP contribution in [0.4, 0.5) is 0 Å². The van der Waals surface area contributed by atoms with E-state index in [1.165, 1.54) is 0 Å². The first kappa shape index (κ1) is 10.7. The number of hydrogen-bond donors (Lipinski definition) is 2. The number of pyridine rings is 1. The number of benzene rings is 1. The van der Waals surface area contributed by atoms with Gasteiger partial charge in [0.15, 0.2) is 0 Å². The van der Waals surface area contributed by atoms with E-state index in [1.807, 2.05) is 30.3 Å². The molecule has 1 fully saturated rings. The van der Waals surface area contributed by atoms with Gasteiger partial charge in [0.05, 0.1) is 11.1 Å². The molecule has 3 heteroatoms. The van der Waals surface area contributed by atoms with Gasteiger partial charge in [0, 0.05) is 11.6 Å². The van der Waals surface area contributed by atoms with Crippen LogP contribution in [0.2, 0.25) is 0 Å². The highest BCUT2D eigenvalue weighted by atomic mass is 16.3. The second kappa shape index (κ2) is 4.09. The largest absolute Gasteiger partial charge is 0.385 e. The number of rotatable bonds is 1. The van der Waals surface area contributed by atoms with Crippen LogP contribution in [0.5, 0.6) is 0 Å².